The van der Waals surface area contributed by atoms with Crippen LogP contribution < -0.4 is 10.1 Å². The zero-order valence-electron chi connectivity index (χ0n) is 13.8. The number of hydrogen-bond donors (Lipinski definition) is 1. The van der Waals surface area contributed by atoms with Gasteiger partial charge < -0.3 is 10.1 Å². The number of benzene rings is 2. The summed E-state index contributed by atoms with van der Waals surface area (Å²) in [5.41, 5.74) is 2.31. The third-order valence-corrected chi connectivity index (χ3v) is 3.82. The Morgan fingerprint density at radius 1 is 1.20 bits per heavy atom. The Bertz CT molecular complexity index is 876. The molecule has 6 heteroatoms. The van der Waals surface area contributed by atoms with Crippen LogP contribution in [-0.2, 0) is 20.2 Å². The van der Waals surface area contributed by atoms with Crippen molar-refractivity contribution in [2.75, 3.05) is 0 Å². The summed E-state index contributed by atoms with van der Waals surface area (Å²) in [6, 6.07) is 16.4. The summed E-state index contributed by atoms with van der Waals surface area (Å²) in [5.74, 6) is 0.549. The summed E-state index contributed by atoms with van der Waals surface area (Å²) in [6.45, 7) is 0.755. The number of amides is 1. The van der Waals surface area contributed by atoms with E-state index in [1.54, 1.807) is 22.9 Å². The first-order chi connectivity index (χ1) is 12.1. The van der Waals surface area contributed by atoms with E-state index in [0.29, 0.717) is 29.5 Å². The third-order valence-electron chi connectivity index (χ3n) is 3.59. The summed E-state index contributed by atoms with van der Waals surface area (Å²) in [7, 11) is 1.84. The van der Waals surface area contributed by atoms with E-state index in [0.717, 1.165) is 11.3 Å². The molecule has 0 saturated carbocycles. The molecule has 1 N–H and O–H groups in total. The van der Waals surface area contributed by atoms with E-state index in [2.05, 4.69) is 10.4 Å². The second-order valence-corrected chi connectivity index (χ2v) is 6.05. The van der Waals surface area contributed by atoms with Crippen LogP contribution in [0.2, 0.25) is 5.02 Å². The van der Waals surface area contributed by atoms with Gasteiger partial charge in [0, 0.05) is 23.8 Å². The molecule has 1 heterocycles. The van der Waals surface area contributed by atoms with Crippen LogP contribution in [0.3, 0.4) is 0 Å². The van der Waals surface area contributed by atoms with Gasteiger partial charge in [-0.3, -0.25) is 9.48 Å². The number of hydrogen-bond acceptors (Lipinski definition) is 3. The molecule has 0 fully saturated rings. The Labute approximate surface area is 151 Å². The molecule has 0 aliphatic carbocycles. The van der Waals surface area contributed by atoms with Gasteiger partial charge in [-0.15, -0.1) is 0 Å². The number of aryl methyl sites for hydroxylation is 1. The van der Waals surface area contributed by atoms with Gasteiger partial charge in [0.1, 0.15) is 12.4 Å². The molecule has 3 rings (SSSR count). The van der Waals surface area contributed by atoms with Crippen molar-refractivity contribution >= 4 is 17.5 Å². The molecule has 25 heavy (non-hydrogen) atoms. The van der Waals surface area contributed by atoms with E-state index >= 15 is 0 Å². The van der Waals surface area contributed by atoms with Crippen LogP contribution in [0.1, 0.15) is 21.6 Å². The number of ether oxygens (including phenoxy) is 1. The molecule has 1 aromatic heterocycles. The number of nitrogens with zero attached hydrogens (tertiary/aromatic N) is 2. The van der Waals surface area contributed by atoms with Crippen LogP contribution in [0, 0.1) is 0 Å². The van der Waals surface area contributed by atoms with Crippen molar-refractivity contribution < 1.29 is 9.53 Å². The van der Waals surface area contributed by atoms with Crippen LogP contribution in [0.4, 0.5) is 0 Å². The number of aromatic nitrogens is 2. The first-order valence-electron chi connectivity index (χ1n) is 7.84. The SMILES string of the molecule is Cn1ccc(CNC(=O)c2cccc(COc3cccc(Cl)c3)c2)n1. The van der Waals surface area contributed by atoms with Crippen molar-refractivity contribution in [3.05, 3.63) is 82.6 Å². The lowest BCUT2D eigenvalue weighted by Crippen LogP contribution is -2.23. The fourth-order valence-electron chi connectivity index (χ4n) is 2.36. The molecule has 0 aliphatic heterocycles. The van der Waals surface area contributed by atoms with Gasteiger partial charge in [-0.25, -0.2) is 0 Å². The van der Waals surface area contributed by atoms with Gasteiger partial charge in [0.05, 0.1) is 12.2 Å². The fourth-order valence-corrected chi connectivity index (χ4v) is 2.54. The second kappa shape index (κ2) is 7.85. The maximum Gasteiger partial charge on any atom is 0.251 e. The Kier molecular flexibility index (Phi) is 5.36. The van der Waals surface area contributed by atoms with Crippen LogP contribution >= 0.6 is 11.6 Å². The monoisotopic (exact) mass is 355 g/mol. The smallest absolute Gasteiger partial charge is 0.251 e. The highest BCUT2D eigenvalue weighted by molar-refractivity contribution is 6.30. The minimum Gasteiger partial charge on any atom is -0.489 e. The number of rotatable bonds is 6. The molecule has 0 radical (unpaired) electrons. The van der Waals surface area contributed by atoms with Crippen LogP contribution in [0.25, 0.3) is 0 Å². The highest BCUT2D eigenvalue weighted by Gasteiger charge is 2.07. The molecule has 0 bridgehead atoms. The van der Waals surface area contributed by atoms with Crippen molar-refractivity contribution in [2.45, 2.75) is 13.2 Å². The lowest BCUT2D eigenvalue weighted by Gasteiger charge is -2.08. The zero-order valence-corrected chi connectivity index (χ0v) is 14.5. The van der Waals surface area contributed by atoms with Crippen molar-refractivity contribution in [1.82, 2.24) is 15.1 Å². The summed E-state index contributed by atoms with van der Waals surface area (Å²) in [6.07, 6.45) is 1.84. The second-order valence-electron chi connectivity index (χ2n) is 5.61. The van der Waals surface area contributed by atoms with E-state index < -0.39 is 0 Å². The van der Waals surface area contributed by atoms with Gasteiger partial charge in [0.2, 0.25) is 0 Å². The number of nitrogens with one attached hydrogen (secondary N) is 1. The molecule has 1 amide bonds. The maximum atomic E-state index is 12.3. The molecule has 3 aromatic rings. The summed E-state index contributed by atoms with van der Waals surface area (Å²) in [4.78, 5) is 12.3. The highest BCUT2D eigenvalue weighted by atomic mass is 35.5. The van der Waals surface area contributed by atoms with Gasteiger partial charge in [0.15, 0.2) is 0 Å². The average molecular weight is 356 g/mol. The first-order valence-corrected chi connectivity index (χ1v) is 8.22. The fraction of sp³-hybridized carbons (Fsp3) is 0.158. The van der Waals surface area contributed by atoms with Crippen LogP contribution in [-0.4, -0.2) is 15.7 Å². The largest absolute Gasteiger partial charge is 0.489 e. The predicted octanol–water partition coefficient (Wildman–Crippen LogP) is 3.58. The highest BCUT2D eigenvalue weighted by Crippen LogP contribution is 2.18. The van der Waals surface area contributed by atoms with Crippen LogP contribution in [0.5, 0.6) is 5.75 Å². The van der Waals surface area contributed by atoms with Crippen molar-refractivity contribution in [3.63, 3.8) is 0 Å². The minimum atomic E-state index is -0.143. The molecular weight excluding hydrogens is 338 g/mol. The number of halogens is 1. The molecule has 2 aromatic carbocycles. The predicted molar refractivity (Wildman–Crippen MR) is 96.6 cm³/mol. The summed E-state index contributed by atoms with van der Waals surface area (Å²) >= 11 is 5.94. The standard InChI is InChI=1S/C19H18ClN3O2/c1-23-9-8-17(22-23)12-21-19(24)15-5-2-4-14(10-15)13-25-18-7-3-6-16(20)11-18/h2-11H,12-13H2,1H3,(H,21,24). The van der Waals surface area contributed by atoms with E-state index in [4.69, 9.17) is 16.3 Å². The third kappa shape index (κ3) is 4.84. The molecule has 0 spiro atoms. The van der Waals surface area contributed by atoms with Gasteiger partial charge in [-0.2, -0.15) is 5.10 Å². The van der Waals surface area contributed by atoms with Gasteiger partial charge in [-0.05, 0) is 42.0 Å². The molecule has 0 atom stereocenters. The van der Waals surface area contributed by atoms with Gasteiger partial charge >= 0.3 is 0 Å². The molecule has 5 nitrogen and oxygen atoms in total. The Balaban J connectivity index is 1.59. The Hall–Kier alpha value is -2.79. The number of carbonyl (C=O) groups excluding carboxylic acids is 1. The maximum absolute atomic E-state index is 12.3. The topological polar surface area (TPSA) is 56.2 Å². The van der Waals surface area contributed by atoms with E-state index in [1.165, 1.54) is 0 Å². The van der Waals surface area contributed by atoms with E-state index in [-0.39, 0.29) is 5.91 Å². The molecule has 0 saturated heterocycles. The minimum absolute atomic E-state index is 0.143. The summed E-state index contributed by atoms with van der Waals surface area (Å²) < 4.78 is 7.41. The Morgan fingerprint density at radius 2 is 2.04 bits per heavy atom. The lowest BCUT2D eigenvalue weighted by atomic mass is 10.1. The Morgan fingerprint density at radius 3 is 2.80 bits per heavy atom. The van der Waals surface area contributed by atoms with Gasteiger partial charge in [0.25, 0.3) is 5.91 Å². The van der Waals surface area contributed by atoms with Crippen molar-refractivity contribution in [1.29, 1.82) is 0 Å². The molecule has 0 aliphatic rings. The van der Waals surface area contributed by atoms with Crippen molar-refractivity contribution in [3.8, 4) is 5.75 Å². The number of carbonyl (C=O) groups is 1. The van der Waals surface area contributed by atoms with E-state index in [9.17, 15) is 4.79 Å². The van der Waals surface area contributed by atoms with E-state index in [1.807, 2.05) is 49.6 Å². The lowest BCUT2D eigenvalue weighted by molar-refractivity contribution is 0.0950. The average Bonchev–Trinajstić information content (AvgIpc) is 3.03. The van der Waals surface area contributed by atoms with Crippen molar-refractivity contribution in [2.24, 2.45) is 7.05 Å². The van der Waals surface area contributed by atoms with Crippen LogP contribution in [0.15, 0.2) is 60.8 Å². The van der Waals surface area contributed by atoms with Gasteiger partial charge in [-0.1, -0.05) is 29.8 Å². The zero-order chi connectivity index (χ0) is 17.6. The quantitative estimate of drug-likeness (QED) is 0.735. The normalized spacial score (nSPS) is 10.5. The first kappa shape index (κ1) is 17.0. The molecule has 128 valence electrons. The summed E-state index contributed by atoms with van der Waals surface area (Å²) in [5, 5.41) is 7.72. The molecular formula is C19H18ClN3O2. The molecule has 0 unspecified atom stereocenters.